The van der Waals surface area contributed by atoms with Crippen molar-refractivity contribution in [1.29, 1.82) is 0 Å². The van der Waals surface area contributed by atoms with E-state index >= 15 is 0 Å². The van der Waals surface area contributed by atoms with E-state index in [4.69, 9.17) is 0 Å². The minimum absolute atomic E-state index is 0.0880. The first-order valence-electron chi connectivity index (χ1n) is 5.30. The van der Waals surface area contributed by atoms with Gasteiger partial charge in [0.1, 0.15) is 5.82 Å². The Hall–Kier alpha value is -0.550. The van der Waals surface area contributed by atoms with E-state index in [9.17, 15) is 9.18 Å². The van der Waals surface area contributed by atoms with Crippen molar-refractivity contribution in [2.45, 2.75) is 18.6 Å². The Labute approximate surface area is 113 Å². The molecule has 0 spiro atoms. The molecule has 0 aliphatic heterocycles. The molecule has 1 atom stereocenters. The molecule has 0 radical (unpaired) electrons. The lowest BCUT2D eigenvalue weighted by atomic mass is 10.2. The average molecular weight is 320 g/mol. The van der Waals surface area contributed by atoms with Gasteiger partial charge in [-0.25, -0.2) is 4.39 Å². The maximum Gasteiger partial charge on any atom is 0.254 e. The van der Waals surface area contributed by atoms with Gasteiger partial charge in [0.25, 0.3) is 5.91 Å². The molecule has 1 aromatic rings. The lowest BCUT2D eigenvalue weighted by Crippen LogP contribution is -2.26. The summed E-state index contributed by atoms with van der Waals surface area (Å²) >= 11 is 4.90. The first kappa shape index (κ1) is 14.5. The fraction of sp³-hybridized carbons (Fsp3) is 0.417. The van der Waals surface area contributed by atoms with E-state index < -0.39 is 5.82 Å². The quantitative estimate of drug-likeness (QED) is 0.900. The van der Waals surface area contributed by atoms with Crippen LogP contribution in [0, 0.1) is 5.82 Å². The summed E-state index contributed by atoms with van der Waals surface area (Å²) in [4.78, 5) is 11.7. The summed E-state index contributed by atoms with van der Waals surface area (Å²) in [6, 6.07) is 4.43. The van der Waals surface area contributed by atoms with E-state index in [2.05, 4.69) is 28.2 Å². The van der Waals surface area contributed by atoms with Crippen molar-refractivity contribution >= 4 is 33.6 Å². The van der Waals surface area contributed by atoms with E-state index in [1.807, 2.05) is 6.26 Å². The van der Waals surface area contributed by atoms with Gasteiger partial charge in [-0.2, -0.15) is 11.8 Å². The van der Waals surface area contributed by atoms with E-state index in [1.165, 1.54) is 12.1 Å². The zero-order valence-electron chi connectivity index (χ0n) is 9.80. The van der Waals surface area contributed by atoms with Crippen LogP contribution in [0.5, 0.6) is 0 Å². The Balaban J connectivity index is 2.52. The van der Waals surface area contributed by atoms with Crippen LogP contribution in [0.3, 0.4) is 0 Å². The van der Waals surface area contributed by atoms with Crippen molar-refractivity contribution in [2.75, 3.05) is 12.8 Å². The van der Waals surface area contributed by atoms with Crippen LogP contribution >= 0.6 is 27.7 Å². The molecule has 0 saturated heterocycles. The third kappa shape index (κ3) is 4.68. The summed E-state index contributed by atoms with van der Waals surface area (Å²) < 4.78 is 14.1. The highest BCUT2D eigenvalue weighted by atomic mass is 79.9. The standard InChI is InChI=1S/C12H15BrFNOS/c1-8(17-2)5-6-15-12(16)10-4-3-9(13)7-11(10)14/h3-4,7-8H,5-6H2,1-2H3,(H,15,16). The third-order valence-electron chi connectivity index (χ3n) is 2.41. The topological polar surface area (TPSA) is 29.1 Å². The van der Waals surface area contributed by atoms with Gasteiger partial charge in [0.15, 0.2) is 0 Å². The first-order valence-corrected chi connectivity index (χ1v) is 7.38. The van der Waals surface area contributed by atoms with Gasteiger partial charge in [0, 0.05) is 16.3 Å². The number of halogens is 2. The minimum atomic E-state index is -0.505. The highest BCUT2D eigenvalue weighted by Gasteiger charge is 2.11. The van der Waals surface area contributed by atoms with Crippen LogP contribution < -0.4 is 5.32 Å². The summed E-state index contributed by atoms with van der Waals surface area (Å²) in [6.45, 7) is 2.66. The molecule has 94 valence electrons. The smallest absolute Gasteiger partial charge is 0.254 e. The van der Waals surface area contributed by atoms with Crippen LogP contribution in [-0.2, 0) is 0 Å². The molecule has 1 amide bonds. The third-order valence-corrected chi connectivity index (χ3v) is 3.95. The van der Waals surface area contributed by atoms with Crippen LogP contribution in [0.2, 0.25) is 0 Å². The molecule has 0 aliphatic rings. The molecule has 0 aliphatic carbocycles. The lowest BCUT2D eigenvalue weighted by Gasteiger charge is -2.09. The molecule has 0 saturated carbocycles. The van der Waals surface area contributed by atoms with E-state index in [0.717, 1.165) is 6.42 Å². The number of amides is 1. The Morgan fingerprint density at radius 3 is 2.88 bits per heavy atom. The molecule has 1 aromatic carbocycles. The molecular weight excluding hydrogens is 305 g/mol. The van der Waals surface area contributed by atoms with E-state index in [0.29, 0.717) is 16.3 Å². The maximum atomic E-state index is 13.5. The number of rotatable bonds is 5. The van der Waals surface area contributed by atoms with E-state index in [1.54, 1.807) is 17.8 Å². The van der Waals surface area contributed by atoms with Gasteiger partial charge in [-0.05, 0) is 30.9 Å². The molecule has 0 heterocycles. The van der Waals surface area contributed by atoms with Gasteiger partial charge < -0.3 is 5.32 Å². The summed E-state index contributed by atoms with van der Waals surface area (Å²) in [5.41, 5.74) is 0.0880. The van der Waals surface area contributed by atoms with Gasteiger partial charge in [-0.15, -0.1) is 0 Å². The largest absolute Gasteiger partial charge is 0.352 e. The predicted octanol–water partition coefficient (Wildman–Crippen LogP) is 3.46. The van der Waals surface area contributed by atoms with Crippen LogP contribution in [-0.4, -0.2) is 24.0 Å². The number of carbonyl (C=O) groups excluding carboxylic acids is 1. The Morgan fingerprint density at radius 2 is 2.29 bits per heavy atom. The monoisotopic (exact) mass is 319 g/mol. The Kier molecular flexibility index (Phi) is 5.98. The average Bonchev–Trinajstić information content (AvgIpc) is 2.28. The van der Waals surface area contributed by atoms with Crippen LogP contribution in [0.15, 0.2) is 22.7 Å². The Bertz CT molecular complexity index is 400. The molecule has 2 nitrogen and oxygen atoms in total. The van der Waals surface area contributed by atoms with Gasteiger partial charge in [-0.1, -0.05) is 22.9 Å². The second-order valence-electron chi connectivity index (χ2n) is 3.72. The fourth-order valence-corrected chi connectivity index (χ4v) is 1.96. The zero-order valence-corrected chi connectivity index (χ0v) is 12.2. The first-order chi connectivity index (χ1) is 8.04. The van der Waals surface area contributed by atoms with Gasteiger partial charge in [0.05, 0.1) is 5.56 Å². The van der Waals surface area contributed by atoms with Gasteiger partial charge in [-0.3, -0.25) is 4.79 Å². The zero-order chi connectivity index (χ0) is 12.8. The number of benzene rings is 1. The minimum Gasteiger partial charge on any atom is -0.352 e. The summed E-state index contributed by atoms with van der Waals surface area (Å²) in [5, 5.41) is 3.21. The molecule has 17 heavy (non-hydrogen) atoms. The number of hydrogen-bond acceptors (Lipinski definition) is 2. The number of hydrogen-bond donors (Lipinski definition) is 1. The molecule has 0 bridgehead atoms. The molecule has 5 heteroatoms. The highest BCUT2D eigenvalue weighted by Crippen LogP contribution is 2.15. The van der Waals surface area contributed by atoms with Crippen molar-refractivity contribution in [3.8, 4) is 0 Å². The fourth-order valence-electron chi connectivity index (χ4n) is 1.28. The maximum absolute atomic E-state index is 13.5. The van der Waals surface area contributed by atoms with Crippen LogP contribution in [0.25, 0.3) is 0 Å². The van der Waals surface area contributed by atoms with Crippen molar-refractivity contribution < 1.29 is 9.18 Å². The van der Waals surface area contributed by atoms with Crippen molar-refractivity contribution in [3.63, 3.8) is 0 Å². The van der Waals surface area contributed by atoms with Crippen molar-refractivity contribution in [3.05, 3.63) is 34.1 Å². The summed E-state index contributed by atoms with van der Waals surface area (Å²) in [7, 11) is 0. The van der Waals surface area contributed by atoms with Crippen LogP contribution in [0.4, 0.5) is 4.39 Å². The highest BCUT2D eigenvalue weighted by molar-refractivity contribution is 9.10. The number of thioether (sulfide) groups is 1. The summed E-state index contributed by atoms with van der Waals surface area (Å²) in [5.74, 6) is -0.863. The van der Waals surface area contributed by atoms with Crippen molar-refractivity contribution in [1.82, 2.24) is 5.32 Å². The molecule has 0 aromatic heterocycles. The normalized spacial score (nSPS) is 12.2. The molecular formula is C12H15BrFNOS. The van der Waals surface area contributed by atoms with Crippen molar-refractivity contribution in [2.24, 2.45) is 0 Å². The summed E-state index contributed by atoms with van der Waals surface area (Å²) in [6.07, 6.45) is 2.91. The van der Waals surface area contributed by atoms with Gasteiger partial charge in [0.2, 0.25) is 0 Å². The molecule has 1 unspecified atom stereocenters. The molecule has 1 N–H and O–H groups in total. The second kappa shape index (κ2) is 7.01. The van der Waals surface area contributed by atoms with E-state index in [-0.39, 0.29) is 11.5 Å². The SMILES string of the molecule is CSC(C)CCNC(=O)c1ccc(Br)cc1F. The molecule has 0 fully saturated rings. The number of carbonyl (C=O) groups is 1. The lowest BCUT2D eigenvalue weighted by molar-refractivity contribution is 0.0949. The van der Waals surface area contributed by atoms with Gasteiger partial charge >= 0.3 is 0 Å². The van der Waals surface area contributed by atoms with Crippen LogP contribution in [0.1, 0.15) is 23.7 Å². The molecule has 1 rings (SSSR count). The number of nitrogens with one attached hydrogen (secondary N) is 1. The Morgan fingerprint density at radius 1 is 1.59 bits per heavy atom. The second-order valence-corrected chi connectivity index (χ2v) is 5.91. The predicted molar refractivity (Wildman–Crippen MR) is 74.0 cm³/mol.